The van der Waals surface area contributed by atoms with Crippen LogP contribution in [0.5, 0.6) is 6.01 Å². The van der Waals surface area contributed by atoms with Crippen LogP contribution in [0.15, 0.2) is 47.5 Å². The molecule has 2 aromatic heterocycles. The highest BCUT2D eigenvalue weighted by atomic mass is 16.5. The number of fused-ring (bicyclic) bond motifs is 2. The lowest BCUT2D eigenvalue weighted by molar-refractivity contribution is 0.214. The smallest absolute Gasteiger partial charge is 0.300 e. The molecule has 0 radical (unpaired) electrons. The van der Waals surface area contributed by atoms with Gasteiger partial charge in [-0.3, -0.25) is 9.36 Å². The van der Waals surface area contributed by atoms with E-state index in [1.807, 2.05) is 10.8 Å². The van der Waals surface area contributed by atoms with Crippen LogP contribution in [0.3, 0.4) is 0 Å². The van der Waals surface area contributed by atoms with Gasteiger partial charge in [-0.05, 0) is 42.0 Å². The average molecular weight is 281 g/mol. The highest BCUT2D eigenvalue weighted by Crippen LogP contribution is 2.21. The molecule has 0 bridgehead atoms. The van der Waals surface area contributed by atoms with Crippen molar-refractivity contribution in [1.82, 2.24) is 14.5 Å². The van der Waals surface area contributed by atoms with Crippen LogP contribution < -0.4 is 10.3 Å². The standard InChI is InChI=1S/C16H15N3O2/c20-15-6-8-19-10-13(21-16(19)18-15)3-1-11-2-4-14-12(9-11)5-7-17-14/h2,4-9,13,17H,1,3,10H2. The summed E-state index contributed by atoms with van der Waals surface area (Å²) in [5.41, 5.74) is 2.20. The van der Waals surface area contributed by atoms with E-state index in [-0.39, 0.29) is 11.7 Å². The Labute approximate surface area is 121 Å². The quantitative estimate of drug-likeness (QED) is 0.800. The molecule has 5 nitrogen and oxygen atoms in total. The van der Waals surface area contributed by atoms with Crippen molar-refractivity contribution in [2.75, 3.05) is 0 Å². The summed E-state index contributed by atoms with van der Waals surface area (Å²) in [4.78, 5) is 18.3. The Morgan fingerprint density at radius 2 is 2.29 bits per heavy atom. The van der Waals surface area contributed by atoms with Crippen molar-refractivity contribution in [2.24, 2.45) is 0 Å². The molecule has 1 N–H and O–H groups in total. The Morgan fingerprint density at radius 1 is 1.33 bits per heavy atom. The van der Waals surface area contributed by atoms with Crippen LogP contribution in [0.2, 0.25) is 0 Å². The number of hydrogen-bond acceptors (Lipinski definition) is 3. The number of H-pyrrole nitrogens is 1. The topological polar surface area (TPSA) is 59.9 Å². The number of aromatic amines is 1. The van der Waals surface area contributed by atoms with E-state index in [1.165, 1.54) is 17.0 Å². The van der Waals surface area contributed by atoms with Crippen LogP contribution in [-0.4, -0.2) is 20.6 Å². The molecule has 21 heavy (non-hydrogen) atoms. The fraction of sp³-hybridized carbons (Fsp3) is 0.250. The van der Waals surface area contributed by atoms with Crippen LogP contribution in [0.1, 0.15) is 12.0 Å². The highest BCUT2D eigenvalue weighted by Gasteiger charge is 2.22. The van der Waals surface area contributed by atoms with Gasteiger partial charge < -0.3 is 9.72 Å². The van der Waals surface area contributed by atoms with E-state index in [1.54, 1.807) is 6.20 Å². The van der Waals surface area contributed by atoms with Crippen LogP contribution in [0.4, 0.5) is 0 Å². The summed E-state index contributed by atoms with van der Waals surface area (Å²) in [6.45, 7) is 0.759. The van der Waals surface area contributed by atoms with Gasteiger partial charge in [0.25, 0.3) is 11.6 Å². The fourth-order valence-electron chi connectivity index (χ4n) is 2.79. The van der Waals surface area contributed by atoms with Gasteiger partial charge in [-0.1, -0.05) is 6.07 Å². The van der Waals surface area contributed by atoms with Crippen molar-refractivity contribution >= 4 is 10.9 Å². The summed E-state index contributed by atoms with van der Waals surface area (Å²) in [5.74, 6) is 0. The number of nitrogens with zero attached hydrogens (tertiary/aromatic N) is 2. The molecule has 1 aliphatic rings. The summed E-state index contributed by atoms with van der Waals surface area (Å²) in [6, 6.07) is 10.4. The maximum absolute atomic E-state index is 11.2. The molecule has 1 atom stereocenters. The third-order valence-electron chi connectivity index (χ3n) is 3.89. The Kier molecular flexibility index (Phi) is 2.77. The summed E-state index contributed by atoms with van der Waals surface area (Å²) in [6.07, 6.45) is 5.64. The fourth-order valence-corrected chi connectivity index (χ4v) is 2.79. The first-order valence-corrected chi connectivity index (χ1v) is 7.08. The zero-order valence-corrected chi connectivity index (χ0v) is 11.5. The molecule has 1 aliphatic heterocycles. The Morgan fingerprint density at radius 3 is 3.24 bits per heavy atom. The first kappa shape index (κ1) is 12.2. The first-order chi connectivity index (χ1) is 10.3. The average Bonchev–Trinajstić information content (AvgIpc) is 3.09. The molecule has 1 aromatic carbocycles. The van der Waals surface area contributed by atoms with Crippen molar-refractivity contribution in [3.05, 3.63) is 58.6 Å². The maximum atomic E-state index is 11.2. The van der Waals surface area contributed by atoms with E-state index in [0.29, 0.717) is 6.01 Å². The monoisotopic (exact) mass is 281 g/mol. The SMILES string of the molecule is O=c1ccn2c(n1)OC(CCc1ccc3[nH]ccc3c1)C2. The molecule has 106 valence electrons. The molecule has 0 spiro atoms. The van der Waals surface area contributed by atoms with E-state index < -0.39 is 0 Å². The minimum absolute atomic E-state index is 0.0845. The van der Waals surface area contributed by atoms with Gasteiger partial charge in [-0.25, -0.2) is 0 Å². The molecule has 0 saturated heterocycles. The Balaban J connectivity index is 1.45. The first-order valence-electron chi connectivity index (χ1n) is 7.08. The van der Waals surface area contributed by atoms with Gasteiger partial charge in [0, 0.05) is 24.0 Å². The number of hydrogen-bond donors (Lipinski definition) is 1. The minimum Gasteiger partial charge on any atom is -0.459 e. The molecule has 0 amide bonds. The molecule has 1 unspecified atom stereocenters. The molecule has 3 heterocycles. The van der Waals surface area contributed by atoms with Crippen molar-refractivity contribution in [2.45, 2.75) is 25.5 Å². The number of aryl methyl sites for hydroxylation is 1. The summed E-state index contributed by atoms with van der Waals surface area (Å²) in [7, 11) is 0. The summed E-state index contributed by atoms with van der Waals surface area (Å²) < 4.78 is 7.62. The minimum atomic E-state index is -0.250. The third-order valence-corrected chi connectivity index (χ3v) is 3.89. The molecular formula is C16H15N3O2. The van der Waals surface area contributed by atoms with Crippen molar-refractivity contribution in [3.8, 4) is 6.01 Å². The zero-order chi connectivity index (χ0) is 14.2. The molecular weight excluding hydrogens is 266 g/mol. The van der Waals surface area contributed by atoms with Gasteiger partial charge in [0.1, 0.15) is 6.10 Å². The number of rotatable bonds is 3. The molecule has 4 rings (SSSR count). The zero-order valence-electron chi connectivity index (χ0n) is 11.5. The van der Waals surface area contributed by atoms with E-state index >= 15 is 0 Å². The number of aromatic nitrogens is 3. The van der Waals surface area contributed by atoms with Crippen molar-refractivity contribution in [1.29, 1.82) is 0 Å². The second-order valence-electron chi connectivity index (χ2n) is 5.38. The van der Waals surface area contributed by atoms with E-state index in [0.717, 1.165) is 24.9 Å². The molecule has 5 heteroatoms. The largest absolute Gasteiger partial charge is 0.459 e. The number of benzene rings is 1. The molecule has 0 aliphatic carbocycles. The van der Waals surface area contributed by atoms with Gasteiger partial charge >= 0.3 is 0 Å². The van der Waals surface area contributed by atoms with Crippen LogP contribution in [0, 0.1) is 0 Å². The van der Waals surface area contributed by atoms with Crippen LogP contribution in [-0.2, 0) is 13.0 Å². The van der Waals surface area contributed by atoms with E-state index in [4.69, 9.17) is 4.74 Å². The van der Waals surface area contributed by atoms with E-state index in [2.05, 4.69) is 34.2 Å². The predicted molar refractivity (Wildman–Crippen MR) is 79.5 cm³/mol. The molecule has 0 fully saturated rings. The summed E-state index contributed by atoms with van der Waals surface area (Å²) >= 11 is 0. The molecule has 0 saturated carbocycles. The summed E-state index contributed by atoms with van der Waals surface area (Å²) in [5, 5.41) is 1.23. The van der Waals surface area contributed by atoms with Gasteiger partial charge in [0.2, 0.25) is 0 Å². The Hall–Kier alpha value is -2.56. The highest BCUT2D eigenvalue weighted by molar-refractivity contribution is 5.79. The molecule has 3 aromatic rings. The number of ether oxygens (including phenoxy) is 1. The van der Waals surface area contributed by atoms with E-state index in [9.17, 15) is 4.79 Å². The van der Waals surface area contributed by atoms with Gasteiger partial charge in [0.15, 0.2) is 0 Å². The second kappa shape index (κ2) is 4.77. The maximum Gasteiger partial charge on any atom is 0.300 e. The number of nitrogens with one attached hydrogen (secondary N) is 1. The predicted octanol–water partition coefficient (Wildman–Crippen LogP) is 2.12. The lowest BCUT2D eigenvalue weighted by atomic mass is 10.1. The lowest BCUT2D eigenvalue weighted by Crippen LogP contribution is -2.15. The van der Waals surface area contributed by atoms with Gasteiger partial charge in [-0.15, -0.1) is 0 Å². The third kappa shape index (κ3) is 2.31. The van der Waals surface area contributed by atoms with Gasteiger partial charge in [0.05, 0.1) is 6.54 Å². The van der Waals surface area contributed by atoms with Gasteiger partial charge in [-0.2, -0.15) is 4.98 Å². The van der Waals surface area contributed by atoms with Crippen LogP contribution in [0.25, 0.3) is 10.9 Å². The van der Waals surface area contributed by atoms with Crippen molar-refractivity contribution in [3.63, 3.8) is 0 Å². The normalized spacial score (nSPS) is 16.9. The van der Waals surface area contributed by atoms with Crippen LogP contribution >= 0.6 is 0 Å². The lowest BCUT2D eigenvalue weighted by Gasteiger charge is -2.08. The Bertz CT molecular complexity index is 850. The second-order valence-corrected chi connectivity index (χ2v) is 5.38. The van der Waals surface area contributed by atoms with Crippen molar-refractivity contribution < 1.29 is 4.74 Å².